The molecule has 5 heteroatoms. The molecule has 0 fully saturated rings. The first-order chi connectivity index (χ1) is 8.38. The minimum absolute atomic E-state index is 0.0107. The van der Waals surface area contributed by atoms with E-state index in [9.17, 15) is 14.4 Å². The van der Waals surface area contributed by atoms with Crippen LogP contribution in [0.5, 0.6) is 0 Å². The fraction of sp³-hybridized carbons (Fsp3) is 0.615. The molecule has 1 atom stereocenters. The van der Waals surface area contributed by atoms with Gasteiger partial charge in [-0.25, -0.2) is 4.79 Å². The lowest BCUT2D eigenvalue weighted by atomic mass is 10.1. The maximum atomic E-state index is 11.3. The summed E-state index contributed by atoms with van der Waals surface area (Å²) < 4.78 is 4.97. The van der Waals surface area contributed by atoms with E-state index in [0.717, 1.165) is 12.5 Å². The largest absolute Gasteiger partial charge is 0.478 e. The van der Waals surface area contributed by atoms with Crippen LogP contribution in [0.3, 0.4) is 0 Å². The van der Waals surface area contributed by atoms with Crippen LogP contribution in [0.1, 0.15) is 40.0 Å². The monoisotopic (exact) mass is 256 g/mol. The molecule has 102 valence electrons. The van der Waals surface area contributed by atoms with Gasteiger partial charge in [-0.05, 0) is 25.8 Å². The average molecular weight is 256 g/mol. The maximum absolute atomic E-state index is 11.3. The van der Waals surface area contributed by atoms with E-state index < -0.39 is 5.97 Å². The van der Waals surface area contributed by atoms with Crippen LogP contribution in [0.2, 0.25) is 0 Å². The number of ketones is 1. The highest BCUT2D eigenvalue weighted by Gasteiger charge is 2.11. The molecule has 0 spiro atoms. The molecule has 0 saturated heterocycles. The molecule has 0 aliphatic carbocycles. The van der Waals surface area contributed by atoms with Crippen molar-refractivity contribution in [1.29, 1.82) is 0 Å². The topological polar surface area (TPSA) is 80.7 Å². The van der Waals surface area contributed by atoms with Crippen LogP contribution >= 0.6 is 0 Å². The summed E-state index contributed by atoms with van der Waals surface area (Å²) in [7, 11) is 0. The molecule has 0 radical (unpaired) electrons. The smallest absolute Gasteiger partial charge is 0.331 e. The maximum Gasteiger partial charge on any atom is 0.331 e. The third-order valence-corrected chi connectivity index (χ3v) is 2.54. The van der Waals surface area contributed by atoms with Crippen molar-refractivity contribution in [2.24, 2.45) is 5.92 Å². The van der Waals surface area contributed by atoms with E-state index in [0.29, 0.717) is 6.42 Å². The number of hydrogen-bond acceptors (Lipinski definition) is 4. The SMILES string of the molecule is CCC(C)C(=O)OCCCC(=O)/C=C(/C)C(=O)O. The second kappa shape index (κ2) is 8.44. The van der Waals surface area contributed by atoms with Gasteiger partial charge in [-0.15, -0.1) is 0 Å². The molecule has 0 saturated carbocycles. The van der Waals surface area contributed by atoms with E-state index in [1.807, 2.05) is 6.92 Å². The summed E-state index contributed by atoms with van der Waals surface area (Å²) in [6.07, 6.45) is 2.40. The van der Waals surface area contributed by atoms with Crippen molar-refractivity contribution in [3.63, 3.8) is 0 Å². The van der Waals surface area contributed by atoms with Gasteiger partial charge in [0.2, 0.25) is 0 Å². The molecule has 0 aromatic heterocycles. The Morgan fingerprint density at radius 3 is 2.44 bits per heavy atom. The Kier molecular flexibility index (Phi) is 7.67. The molecular weight excluding hydrogens is 236 g/mol. The number of aliphatic carboxylic acids is 1. The summed E-state index contributed by atoms with van der Waals surface area (Å²) in [4.78, 5) is 33.1. The standard InChI is InChI=1S/C13H20O5/c1-4-9(2)13(17)18-7-5-6-11(14)8-10(3)12(15)16/h8-9H,4-7H2,1-3H3,(H,15,16)/b10-8-. The summed E-state index contributed by atoms with van der Waals surface area (Å²) in [6, 6.07) is 0. The Balaban J connectivity index is 3.86. The Labute approximate surface area is 107 Å². The number of carboxylic acid groups (broad SMARTS) is 1. The molecular formula is C13H20O5. The van der Waals surface area contributed by atoms with E-state index in [2.05, 4.69) is 0 Å². The second-order valence-electron chi connectivity index (χ2n) is 4.18. The Morgan fingerprint density at radius 1 is 1.33 bits per heavy atom. The Bertz CT molecular complexity index is 343. The Morgan fingerprint density at radius 2 is 1.94 bits per heavy atom. The lowest BCUT2D eigenvalue weighted by Gasteiger charge is -2.08. The molecule has 1 N–H and O–H groups in total. The van der Waals surface area contributed by atoms with Crippen molar-refractivity contribution >= 4 is 17.7 Å². The molecule has 0 aromatic carbocycles. The van der Waals surface area contributed by atoms with Gasteiger partial charge in [0.15, 0.2) is 5.78 Å². The van der Waals surface area contributed by atoms with Gasteiger partial charge in [-0.3, -0.25) is 9.59 Å². The van der Waals surface area contributed by atoms with Crippen LogP contribution in [-0.2, 0) is 19.1 Å². The highest BCUT2D eigenvalue weighted by atomic mass is 16.5. The molecule has 0 aliphatic rings. The fourth-order valence-corrected chi connectivity index (χ4v) is 1.10. The van der Waals surface area contributed by atoms with Gasteiger partial charge < -0.3 is 9.84 Å². The van der Waals surface area contributed by atoms with Gasteiger partial charge in [0, 0.05) is 12.0 Å². The van der Waals surface area contributed by atoms with Gasteiger partial charge in [-0.1, -0.05) is 13.8 Å². The summed E-state index contributed by atoms with van der Waals surface area (Å²) >= 11 is 0. The molecule has 0 aromatic rings. The summed E-state index contributed by atoms with van der Waals surface area (Å²) in [6.45, 7) is 5.24. The van der Waals surface area contributed by atoms with Crippen LogP contribution in [0, 0.1) is 5.92 Å². The van der Waals surface area contributed by atoms with Crippen molar-refractivity contribution in [1.82, 2.24) is 0 Å². The predicted molar refractivity (Wildman–Crippen MR) is 66.0 cm³/mol. The number of hydrogen-bond donors (Lipinski definition) is 1. The number of allylic oxidation sites excluding steroid dienone is 1. The lowest BCUT2D eigenvalue weighted by molar-refractivity contribution is -0.148. The normalized spacial score (nSPS) is 12.9. The van der Waals surface area contributed by atoms with Crippen LogP contribution in [0.4, 0.5) is 0 Å². The first kappa shape index (κ1) is 16.4. The van der Waals surface area contributed by atoms with Gasteiger partial charge in [-0.2, -0.15) is 0 Å². The van der Waals surface area contributed by atoms with E-state index in [-0.39, 0.29) is 36.3 Å². The van der Waals surface area contributed by atoms with E-state index >= 15 is 0 Å². The number of carbonyl (C=O) groups excluding carboxylic acids is 2. The van der Waals surface area contributed by atoms with Gasteiger partial charge in [0.25, 0.3) is 0 Å². The van der Waals surface area contributed by atoms with E-state index in [1.165, 1.54) is 6.92 Å². The number of esters is 1. The number of ether oxygens (including phenoxy) is 1. The van der Waals surface area contributed by atoms with Crippen molar-refractivity contribution in [2.45, 2.75) is 40.0 Å². The zero-order chi connectivity index (χ0) is 14.1. The lowest BCUT2D eigenvalue weighted by Crippen LogP contribution is -2.15. The number of carbonyl (C=O) groups is 3. The molecule has 1 unspecified atom stereocenters. The molecule has 0 bridgehead atoms. The zero-order valence-electron chi connectivity index (χ0n) is 11.1. The third-order valence-electron chi connectivity index (χ3n) is 2.54. The highest BCUT2D eigenvalue weighted by molar-refractivity contribution is 5.98. The van der Waals surface area contributed by atoms with Gasteiger partial charge >= 0.3 is 11.9 Å². The van der Waals surface area contributed by atoms with Crippen molar-refractivity contribution in [3.8, 4) is 0 Å². The second-order valence-corrected chi connectivity index (χ2v) is 4.18. The van der Waals surface area contributed by atoms with Gasteiger partial charge in [0.05, 0.1) is 12.5 Å². The average Bonchev–Trinajstić information content (AvgIpc) is 2.32. The van der Waals surface area contributed by atoms with Crippen molar-refractivity contribution < 1.29 is 24.2 Å². The quantitative estimate of drug-likeness (QED) is 0.408. The minimum Gasteiger partial charge on any atom is -0.478 e. The Hall–Kier alpha value is -1.65. The van der Waals surface area contributed by atoms with Gasteiger partial charge in [0.1, 0.15) is 0 Å². The molecule has 0 rings (SSSR count). The minimum atomic E-state index is -1.11. The first-order valence-corrected chi connectivity index (χ1v) is 5.99. The first-order valence-electron chi connectivity index (χ1n) is 5.99. The van der Waals surface area contributed by atoms with Crippen molar-refractivity contribution in [2.75, 3.05) is 6.61 Å². The highest BCUT2D eigenvalue weighted by Crippen LogP contribution is 2.04. The van der Waals surface area contributed by atoms with E-state index in [1.54, 1.807) is 6.92 Å². The van der Waals surface area contributed by atoms with Crippen LogP contribution in [0.15, 0.2) is 11.6 Å². The van der Waals surface area contributed by atoms with Crippen LogP contribution in [0.25, 0.3) is 0 Å². The predicted octanol–water partition coefficient (Wildman–Crippen LogP) is 1.96. The molecule has 18 heavy (non-hydrogen) atoms. The molecule has 0 amide bonds. The summed E-state index contributed by atoms with van der Waals surface area (Å²) in [5.74, 6) is -1.77. The zero-order valence-corrected chi connectivity index (χ0v) is 11.1. The molecule has 5 nitrogen and oxygen atoms in total. The summed E-state index contributed by atoms with van der Waals surface area (Å²) in [5, 5.41) is 8.57. The molecule has 0 aliphatic heterocycles. The van der Waals surface area contributed by atoms with Crippen LogP contribution < -0.4 is 0 Å². The fourth-order valence-electron chi connectivity index (χ4n) is 1.10. The van der Waals surface area contributed by atoms with Crippen molar-refractivity contribution in [3.05, 3.63) is 11.6 Å². The number of carboxylic acids is 1. The van der Waals surface area contributed by atoms with E-state index in [4.69, 9.17) is 9.84 Å². The number of rotatable bonds is 8. The third kappa shape index (κ3) is 6.83. The summed E-state index contributed by atoms with van der Waals surface area (Å²) in [5.41, 5.74) is 0.0107. The van der Waals surface area contributed by atoms with Crippen LogP contribution in [-0.4, -0.2) is 29.4 Å². The molecule has 0 heterocycles.